The molecule has 0 radical (unpaired) electrons. The number of hydrogen-bond acceptors (Lipinski definition) is 3. The van der Waals surface area contributed by atoms with Crippen LogP contribution in [0.2, 0.25) is 0 Å². The van der Waals surface area contributed by atoms with Crippen LogP contribution in [0.1, 0.15) is 74.6 Å². The van der Waals surface area contributed by atoms with Gasteiger partial charge in [0.2, 0.25) is 0 Å². The summed E-state index contributed by atoms with van der Waals surface area (Å²) in [6.45, 7) is 0. The van der Waals surface area contributed by atoms with Crippen LogP contribution >= 0.6 is 0 Å². The second-order valence-corrected chi connectivity index (χ2v) is 7.72. The van der Waals surface area contributed by atoms with Crippen molar-refractivity contribution in [3.05, 3.63) is 35.9 Å². The fourth-order valence-corrected chi connectivity index (χ4v) is 4.17. The van der Waals surface area contributed by atoms with Crippen LogP contribution in [0.4, 0.5) is 0 Å². The minimum absolute atomic E-state index is 0.271. The molecular weight excluding hydrogens is 324 g/mol. The topological polar surface area (TPSA) is 46.5 Å². The van der Waals surface area contributed by atoms with Crippen molar-refractivity contribution in [3.8, 4) is 11.8 Å². The Labute approximate surface area is 157 Å². The summed E-state index contributed by atoms with van der Waals surface area (Å²) >= 11 is 0. The zero-order chi connectivity index (χ0) is 18.2. The number of carbonyl (C=O) groups is 1. The first-order valence-corrected chi connectivity index (χ1v) is 10.2. The zero-order valence-electron chi connectivity index (χ0n) is 15.5. The Morgan fingerprint density at radius 1 is 0.885 bits per heavy atom. The second kappa shape index (κ2) is 9.78. The Morgan fingerprint density at radius 3 is 2.08 bits per heavy atom. The highest BCUT2D eigenvalue weighted by Crippen LogP contribution is 2.29. The maximum Gasteiger partial charge on any atom is 0.339 e. The molecule has 2 saturated carbocycles. The van der Waals surface area contributed by atoms with Gasteiger partial charge in [-0.2, -0.15) is 0 Å². The van der Waals surface area contributed by atoms with Gasteiger partial charge in [0.15, 0.2) is 6.10 Å². The fraction of sp³-hybridized carbons (Fsp3) is 0.609. The standard InChI is InChI=1S/C23H30O3/c24-21(18-10-4-1-5-11-18)16-17-22(19-12-6-2-7-13-19)26-23(25)20-14-8-3-9-15-20/h3,8-9,14-15,18-19,21-22,24H,1-2,4-7,10-13H2/t21-,22-/m1/s1. The van der Waals surface area contributed by atoms with Crippen molar-refractivity contribution < 1.29 is 14.6 Å². The molecule has 140 valence electrons. The quantitative estimate of drug-likeness (QED) is 0.628. The SMILES string of the molecule is O=C(O[C@H](C#C[C@@H](O)C1CCCCC1)C1CCCCC1)c1ccccc1. The molecule has 3 rings (SSSR count). The lowest BCUT2D eigenvalue weighted by molar-refractivity contribution is 0.0250. The van der Waals surface area contributed by atoms with E-state index in [0.717, 1.165) is 38.5 Å². The zero-order valence-corrected chi connectivity index (χ0v) is 15.5. The molecule has 0 aromatic heterocycles. The first kappa shape index (κ1) is 19.0. The van der Waals surface area contributed by atoms with E-state index in [9.17, 15) is 9.90 Å². The van der Waals surface area contributed by atoms with E-state index in [1.165, 1.54) is 25.7 Å². The van der Waals surface area contributed by atoms with E-state index < -0.39 is 12.2 Å². The molecule has 2 atom stereocenters. The Morgan fingerprint density at radius 2 is 1.46 bits per heavy atom. The number of rotatable bonds is 4. The van der Waals surface area contributed by atoms with E-state index in [1.54, 1.807) is 12.1 Å². The average molecular weight is 354 g/mol. The first-order chi connectivity index (χ1) is 12.7. The third-order valence-electron chi connectivity index (χ3n) is 5.79. The normalized spacial score (nSPS) is 21.3. The molecule has 0 saturated heterocycles. The van der Waals surface area contributed by atoms with Gasteiger partial charge in [0.25, 0.3) is 0 Å². The largest absolute Gasteiger partial charge is 0.445 e. The molecule has 1 aromatic rings. The van der Waals surface area contributed by atoms with Crippen LogP contribution in [0.15, 0.2) is 30.3 Å². The molecule has 1 N–H and O–H groups in total. The number of esters is 1. The molecule has 2 fully saturated rings. The van der Waals surface area contributed by atoms with Crippen molar-refractivity contribution in [2.45, 2.75) is 76.4 Å². The van der Waals surface area contributed by atoms with Gasteiger partial charge in [-0.1, -0.05) is 68.6 Å². The molecule has 2 aliphatic rings. The number of carbonyl (C=O) groups excluding carboxylic acids is 1. The molecule has 0 spiro atoms. The fourth-order valence-electron chi connectivity index (χ4n) is 4.17. The summed E-state index contributed by atoms with van der Waals surface area (Å²) in [7, 11) is 0. The van der Waals surface area contributed by atoms with E-state index in [0.29, 0.717) is 5.56 Å². The Hall–Kier alpha value is -1.79. The van der Waals surface area contributed by atoms with Crippen molar-refractivity contribution >= 4 is 5.97 Å². The molecule has 3 nitrogen and oxygen atoms in total. The maximum atomic E-state index is 12.5. The molecule has 0 amide bonds. The number of aliphatic hydroxyl groups excluding tert-OH is 1. The smallest absolute Gasteiger partial charge is 0.339 e. The van der Waals surface area contributed by atoms with Crippen LogP contribution < -0.4 is 0 Å². The third-order valence-corrected chi connectivity index (χ3v) is 5.79. The summed E-state index contributed by atoms with van der Waals surface area (Å²) in [5.41, 5.74) is 0.558. The first-order valence-electron chi connectivity index (χ1n) is 10.2. The summed E-state index contributed by atoms with van der Waals surface area (Å²) in [6, 6.07) is 9.10. The summed E-state index contributed by atoms with van der Waals surface area (Å²) in [6.07, 6.45) is 10.4. The molecule has 0 heterocycles. The van der Waals surface area contributed by atoms with Gasteiger partial charge in [0.05, 0.1) is 5.56 Å². The lowest BCUT2D eigenvalue weighted by atomic mass is 9.84. The second-order valence-electron chi connectivity index (χ2n) is 7.72. The minimum Gasteiger partial charge on any atom is -0.445 e. The van der Waals surface area contributed by atoms with Crippen molar-refractivity contribution in [2.75, 3.05) is 0 Å². The lowest BCUT2D eigenvalue weighted by Gasteiger charge is -2.27. The summed E-state index contributed by atoms with van der Waals surface area (Å²) < 4.78 is 5.79. The number of benzene rings is 1. The van der Waals surface area contributed by atoms with Gasteiger partial charge in [-0.3, -0.25) is 0 Å². The van der Waals surface area contributed by atoms with Gasteiger partial charge in [-0.25, -0.2) is 4.79 Å². The summed E-state index contributed by atoms with van der Waals surface area (Å²) in [5.74, 6) is 6.41. The van der Waals surface area contributed by atoms with E-state index >= 15 is 0 Å². The molecule has 0 aliphatic heterocycles. The van der Waals surface area contributed by atoms with Crippen LogP contribution in [0.25, 0.3) is 0 Å². The predicted molar refractivity (Wildman–Crippen MR) is 103 cm³/mol. The maximum absolute atomic E-state index is 12.5. The lowest BCUT2D eigenvalue weighted by Crippen LogP contribution is -2.28. The molecular formula is C23H30O3. The Bertz CT molecular complexity index is 616. The number of aliphatic hydroxyl groups is 1. The highest BCUT2D eigenvalue weighted by atomic mass is 16.5. The van der Waals surface area contributed by atoms with Gasteiger partial charge in [-0.05, 0) is 43.7 Å². The highest BCUT2D eigenvalue weighted by Gasteiger charge is 2.27. The van der Waals surface area contributed by atoms with E-state index in [2.05, 4.69) is 11.8 Å². The monoisotopic (exact) mass is 354 g/mol. The van der Waals surface area contributed by atoms with Gasteiger partial charge >= 0.3 is 5.97 Å². The summed E-state index contributed by atoms with van der Waals surface area (Å²) in [4.78, 5) is 12.5. The van der Waals surface area contributed by atoms with Crippen molar-refractivity contribution in [1.82, 2.24) is 0 Å². The van der Waals surface area contributed by atoms with Crippen LogP contribution in [-0.4, -0.2) is 23.3 Å². The highest BCUT2D eigenvalue weighted by molar-refractivity contribution is 5.89. The van der Waals surface area contributed by atoms with Crippen molar-refractivity contribution in [2.24, 2.45) is 11.8 Å². The molecule has 1 aromatic carbocycles. The molecule has 0 unspecified atom stereocenters. The number of hydrogen-bond donors (Lipinski definition) is 1. The number of ether oxygens (including phenoxy) is 1. The van der Waals surface area contributed by atoms with Gasteiger partial charge in [-0.15, -0.1) is 0 Å². The van der Waals surface area contributed by atoms with Gasteiger partial charge in [0, 0.05) is 5.92 Å². The molecule has 26 heavy (non-hydrogen) atoms. The van der Waals surface area contributed by atoms with Crippen LogP contribution in [0.5, 0.6) is 0 Å². The van der Waals surface area contributed by atoms with E-state index in [1.807, 2.05) is 18.2 Å². The van der Waals surface area contributed by atoms with E-state index in [-0.39, 0.29) is 17.8 Å². The minimum atomic E-state index is -0.600. The Balaban J connectivity index is 1.69. The van der Waals surface area contributed by atoms with Crippen molar-refractivity contribution in [3.63, 3.8) is 0 Å². The summed E-state index contributed by atoms with van der Waals surface area (Å²) in [5, 5.41) is 10.5. The van der Waals surface area contributed by atoms with Crippen molar-refractivity contribution in [1.29, 1.82) is 0 Å². The van der Waals surface area contributed by atoms with Gasteiger partial charge in [0.1, 0.15) is 6.10 Å². The van der Waals surface area contributed by atoms with Crippen LogP contribution in [0.3, 0.4) is 0 Å². The average Bonchev–Trinajstić information content (AvgIpc) is 2.72. The van der Waals surface area contributed by atoms with Gasteiger partial charge < -0.3 is 9.84 Å². The third kappa shape index (κ3) is 5.35. The molecule has 2 aliphatic carbocycles. The van der Waals surface area contributed by atoms with Crippen LogP contribution in [0, 0.1) is 23.7 Å². The van der Waals surface area contributed by atoms with E-state index in [4.69, 9.17) is 4.74 Å². The molecule has 3 heteroatoms. The predicted octanol–water partition coefficient (Wildman–Crippen LogP) is 4.74. The van der Waals surface area contributed by atoms with Crippen LogP contribution in [-0.2, 0) is 4.74 Å². The molecule has 0 bridgehead atoms. The Kier molecular flexibility index (Phi) is 7.14.